The van der Waals surface area contributed by atoms with Gasteiger partial charge in [0.2, 0.25) is 5.91 Å². The van der Waals surface area contributed by atoms with Gasteiger partial charge in [-0.05, 0) is 19.4 Å². The smallest absolute Gasteiger partial charge is 0.249 e. The first-order valence-electron chi connectivity index (χ1n) is 7.23. The van der Waals surface area contributed by atoms with Crippen LogP contribution in [-0.4, -0.2) is 25.1 Å². The summed E-state index contributed by atoms with van der Waals surface area (Å²) in [7, 11) is 0. The van der Waals surface area contributed by atoms with Gasteiger partial charge in [-0.1, -0.05) is 18.5 Å². The van der Waals surface area contributed by atoms with Gasteiger partial charge in [0.25, 0.3) is 0 Å². The minimum atomic E-state index is -0.240. The highest BCUT2D eigenvalue weighted by molar-refractivity contribution is 7.15. The molecule has 3 rings (SSSR count). The minimum Gasteiger partial charge on any atom is -0.307 e. The van der Waals surface area contributed by atoms with Gasteiger partial charge in [-0.2, -0.15) is 5.10 Å². The van der Waals surface area contributed by atoms with E-state index in [1.165, 1.54) is 17.4 Å². The third-order valence-corrected chi connectivity index (χ3v) is 4.61. The average Bonchev–Trinajstić information content (AvgIpc) is 3.21. The molecule has 1 amide bonds. The Morgan fingerprint density at radius 3 is 3.17 bits per heavy atom. The average molecular weight is 350 g/mol. The molecule has 8 heteroatoms. The maximum absolute atomic E-state index is 12.1. The Morgan fingerprint density at radius 2 is 2.39 bits per heavy atom. The molecule has 23 heavy (non-hydrogen) atoms. The van der Waals surface area contributed by atoms with Gasteiger partial charge < -0.3 is 5.32 Å². The van der Waals surface area contributed by atoms with Crippen LogP contribution in [0.25, 0.3) is 11.0 Å². The molecule has 0 fully saturated rings. The molecule has 6 nitrogen and oxygen atoms in total. The zero-order chi connectivity index (χ0) is 16.4. The second kappa shape index (κ2) is 6.55. The van der Waals surface area contributed by atoms with Crippen molar-refractivity contribution in [1.82, 2.24) is 19.2 Å². The first-order valence-corrected chi connectivity index (χ1v) is 8.49. The molecular formula is C15H16ClN5OS. The molecule has 0 radical (unpaired) electrons. The number of hydrogen-bond acceptors (Lipinski definition) is 4. The molecule has 0 aliphatic rings. The van der Waals surface area contributed by atoms with Crippen LogP contribution in [0.5, 0.6) is 0 Å². The summed E-state index contributed by atoms with van der Waals surface area (Å²) in [6.45, 7) is 4.13. The van der Waals surface area contributed by atoms with Crippen molar-refractivity contribution in [3.8, 4) is 0 Å². The number of imidazole rings is 1. The maximum atomic E-state index is 12.1. The van der Waals surface area contributed by atoms with Crippen LogP contribution in [0, 0.1) is 0 Å². The predicted octanol–water partition coefficient (Wildman–Crippen LogP) is 3.87. The van der Waals surface area contributed by atoms with Crippen LogP contribution < -0.4 is 5.32 Å². The van der Waals surface area contributed by atoms with Crippen molar-refractivity contribution >= 4 is 45.7 Å². The fourth-order valence-corrected chi connectivity index (χ4v) is 3.19. The predicted molar refractivity (Wildman–Crippen MR) is 93.0 cm³/mol. The number of aromatic nitrogens is 4. The Morgan fingerprint density at radius 1 is 1.57 bits per heavy atom. The summed E-state index contributed by atoms with van der Waals surface area (Å²) in [6, 6.07) is 2.00. The van der Waals surface area contributed by atoms with Gasteiger partial charge >= 0.3 is 0 Å². The van der Waals surface area contributed by atoms with Crippen LogP contribution in [0.2, 0.25) is 5.15 Å². The lowest BCUT2D eigenvalue weighted by atomic mass is 10.3. The number of fused-ring (bicyclic) bond motifs is 1. The van der Waals surface area contributed by atoms with Crippen molar-refractivity contribution in [2.24, 2.45) is 0 Å². The maximum Gasteiger partial charge on any atom is 0.249 e. The number of nitrogens with one attached hydrogen (secondary N) is 1. The van der Waals surface area contributed by atoms with Gasteiger partial charge in [0, 0.05) is 23.7 Å². The molecular weight excluding hydrogens is 334 g/mol. The van der Waals surface area contributed by atoms with Crippen molar-refractivity contribution in [3.05, 3.63) is 40.8 Å². The first-order chi connectivity index (χ1) is 11.1. The number of hydrogen-bond donors (Lipinski definition) is 1. The molecule has 0 aromatic carbocycles. The summed E-state index contributed by atoms with van der Waals surface area (Å²) in [4.78, 5) is 17.2. The zero-order valence-electron chi connectivity index (χ0n) is 12.7. The van der Waals surface area contributed by atoms with Gasteiger partial charge in [-0.25, -0.2) is 9.67 Å². The lowest BCUT2D eigenvalue weighted by Crippen LogP contribution is -2.15. The third kappa shape index (κ3) is 3.16. The largest absolute Gasteiger partial charge is 0.307 e. The number of rotatable bonds is 5. The molecule has 0 saturated heterocycles. The molecule has 0 aliphatic heterocycles. The molecule has 120 valence electrons. The number of carbonyl (C=O) groups is 1. The van der Waals surface area contributed by atoms with E-state index in [-0.39, 0.29) is 11.9 Å². The molecule has 1 atom stereocenters. The second-order valence-corrected chi connectivity index (χ2v) is 6.32. The number of nitrogens with zero attached hydrogens (tertiary/aromatic N) is 4. The summed E-state index contributed by atoms with van der Waals surface area (Å²) in [6.07, 6.45) is 7.58. The van der Waals surface area contributed by atoms with E-state index in [0.29, 0.717) is 16.7 Å². The van der Waals surface area contributed by atoms with Gasteiger partial charge in [-0.3, -0.25) is 9.20 Å². The normalized spacial score (nSPS) is 13.0. The summed E-state index contributed by atoms with van der Waals surface area (Å²) in [5, 5.41) is 9.37. The molecule has 1 N–H and O–H groups in total. The van der Waals surface area contributed by atoms with E-state index < -0.39 is 0 Å². The molecule has 3 heterocycles. The molecule has 3 aromatic heterocycles. The van der Waals surface area contributed by atoms with E-state index in [4.69, 9.17) is 11.6 Å². The van der Waals surface area contributed by atoms with E-state index in [9.17, 15) is 4.79 Å². The number of thiazole rings is 1. The van der Waals surface area contributed by atoms with Crippen LogP contribution >= 0.6 is 22.9 Å². The zero-order valence-corrected chi connectivity index (χ0v) is 14.3. The summed E-state index contributed by atoms with van der Waals surface area (Å²) >= 11 is 7.59. The van der Waals surface area contributed by atoms with Gasteiger partial charge in [0.05, 0.1) is 17.9 Å². The molecule has 3 aromatic rings. The van der Waals surface area contributed by atoms with Gasteiger partial charge in [-0.15, -0.1) is 11.3 Å². The number of carbonyl (C=O) groups excluding carboxylic acids is 1. The number of halogens is 1. The lowest BCUT2D eigenvalue weighted by molar-refractivity contribution is -0.111. The lowest BCUT2D eigenvalue weighted by Gasteiger charge is -2.13. The van der Waals surface area contributed by atoms with Crippen molar-refractivity contribution in [3.63, 3.8) is 0 Å². The monoisotopic (exact) mass is 349 g/mol. The highest BCUT2D eigenvalue weighted by atomic mass is 35.5. The van der Waals surface area contributed by atoms with E-state index in [0.717, 1.165) is 11.4 Å². The van der Waals surface area contributed by atoms with Gasteiger partial charge in [0.1, 0.15) is 5.82 Å². The van der Waals surface area contributed by atoms with Crippen LogP contribution in [0.1, 0.15) is 32.0 Å². The van der Waals surface area contributed by atoms with E-state index >= 15 is 0 Å². The molecule has 0 bridgehead atoms. The number of amides is 1. The van der Waals surface area contributed by atoms with Crippen LogP contribution in [0.4, 0.5) is 5.82 Å². The van der Waals surface area contributed by atoms with Crippen LogP contribution in [0.15, 0.2) is 29.9 Å². The van der Waals surface area contributed by atoms with Crippen molar-refractivity contribution < 1.29 is 4.79 Å². The van der Waals surface area contributed by atoms with Gasteiger partial charge in [0.15, 0.2) is 10.1 Å². The Kier molecular flexibility index (Phi) is 4.49. The van der Waals surface area contributed by atoms with Crippen molar-refractivity contribution in [2.45, 2.75) is 26.3 Å². The molecule has 0 saturated carbocycles. The summed E-state index contributed by atoms with van der Waals surface area (Å²) in [5.74, 6) is 0.436. The number of anilines is 1. The Bertz CT molecular complexity index is 862. The Balaban J connectivity index is 1.76. The second-order valence-electron chi connectivity index (χ2n) is 5.08. The molecule has 0 spiro atoms. The van der Waals surface area contributed by atoms with Crippen LogP contribution in [-0.2, 0) is 4.79 Å². The highest BCUT2D eigenvalue weighted by Gasteiger charge is 2.11. The summed E-state index contributed by atoms with van der Waals surface area (Å²) in [5.41, 5.74) is 0.688. The summed E-state index contributed by atoms with van der Waals surface area (Å²) < 4.78 is 3.65. The Hall–Kier alpha value is -2.12. The molecule has 1 unspecified atom stereocenters. The quantitative estimate of drug-likeness (QED) is 0.711. The SMILES string of the molecule is CCC(C)n1nccc1NC(=O)C=Cc1c(Cl)nc2sccn12. The standard InChI is InChI=1S/C15H16ClN5OS/c1-3-10(2)21-12(6-7-17-21)18-13(22)5-4-11-14(16)19-15-20(11)8-9-23-15/h4-10H,3H2,1-2H3,(H,18,22). The van der Waals surface area contributed by atoms with E-state index in [1.54, 1.807) is 23.0 Å². The van der Waals surface area contributed by atoms with Crippen molar-refractivity contribution in [1.29, 1.82) is 0 Å². The highest BCUT2D eigenvalue weighted by Crippen LogP contribution is 2.22. The topological polar surface area (TPSA) is 64.2 Å². The first kappa shape index (κ1) is 15.8. The fraction of sp³-hybridized carbons (Fsp3) is 0.267. The van der Waals surface area contributed by atoms with Crippen LogP contribution in [0.3, 0.4) is 0 Å². The Labute approximate surface area is 142 Å². The fourth-order valence-electron chi connectivity index (χ4n) is 2.19. The molecule has 0 aliphatic carbocycles. The third-order valence-electron chi connectivity index (χ3n) is 3.58. The minimum absolute atomic E-state index is 0.221. The van der Waals surface area contributed by atoms with Crippen molar-refractivity contribution in [2.75, 3.05) is 5.32 Å². The van der Waals surface area contributed by atoms with E-state index in [1.807, 2.05) is 16.0 Å². The van der Waals surface area contributed by atoms with E-state index in [2.05, 4.69) is 29.2 Å².